The standard InChI is InChI=1S/C11H9Cl2N3O2/c1-16-10(9(5-17)14-15-16)6-18-11-3-2-7(12)4-8(11)13/h2-5H,6H2,1H3. The first-order valence-electron chi connectivity index (χ1n) is 5.03. The highest BCUT2D eigenvalue weighted by Crippen LogP contribution is 2.28. The molecule has 18 heavy (non-hydrogen) atoms. The second-order valence-electron chi connectivity index (χ2n) is 3.53. The van der Waals surface area contributed by atoms with Crippen molar-refractivity contribution in [1.82, 2.24) is 15.0 Å². The molecule has 1 aromatic carbocycles. The zero-order valence-electron chi connectivity index (χ0n) is 9.43. The van der Waals surface area contributed by atoms with Gasteiger partial charge in [0.15, 0.2) is 12.0 Å². The van der Waals surface area contributed by atoms with Gasteiger partial charge in [-0.05, 0) is 18.2 Å². The zero-order chi connectivity index (χ0) is 13.1. The second-order valence-corrected chi connectivity index (χ2v) is 4.37. The molecule has 1 aromatic heterocycles. The van der Waals surface area contributed by atoms with Crippen molar-refractivity contribution in [3.8, 4) is 5.75 Å². The SMILES string of the molecule is Cn1nnc(C=O)c1COc1ccc(Cl)cc1Cl. The van der Waals surface area contributed by atoms with E-state index in [4.69, 9.17) is 27.9 Å². The Morgan fingerprint density at radius 2 is 2.22 bits per heavy atom. The Labute approximate surface area is 113 Å². The van der Waals surface area contributed by atoms with E-state index in [2.05, 4.69) is 10.3 Å². The third-order valence-electron chi connectivity index (χ3n) is 2.34. The molecule has 0 aliphatic carbocycles. The summed E-state index contributed by atoms with van der Waals surface area (Å²) in [5.74, 6) is 0.485. The van der Waals surface area contributed by atoms with Gasteiger partial charge in [-0.2, -0.15) is 0 Å². The van der Waals surface area contributed by atoms with E-state index < -0.39 is 0 Å². The lowest BCUT2D eigenvalue weighted by Gasteiger charge is -2.08. The lowest BCUT2D eigenvalue weighted by Crippen LogP contribution is -2.05. The van der Waals surface area contributed by atoms with Crippen LogP contribution in [-0.4, -0.2) is 21.3 Å². The minimum atomic E-state index is 0.152. The molecule has 0 saturated carbocycles. The van der Waals surface area contributed by atoms with Gasteiger partial charge in [0.25, 0.3) is 0 Å². The molecule has 0 atom stereocenters. The minimum absolute atomic E-state index is 0.152. The molecule has 0 unspecified atom stereocenters. The van der Waals surface area contributed by atoms with Crippen LogP contribution in [0.4, 0.5) is 0 Å². The number of halogens is 2. The fourth-order valence-corrected chi connectivity index (χ4v) is 1.85. The van der Waals surface area contributed by atoms with E-state index in [0.29, 0.717) is 27.8 Å². The third-order valence-corrected chi connectivity index (χ3v) is 2.87. The molecule has 0 radical (unpaired) electrons. The van der Waals surface area contributed by atoms with E-state index in [1.54, 1.807) is 25.2 Å². The highest BCUT2D eigenvalue weighted by molar-refractivity contribution is 6.35. The first-order valence-corrected chi connectivity index (χ1v) is 5.79. The monoisotopic (exact) mass is 285 g/mol. The number of aromatic nitrogens is 3. The second kappa shape index (κ2) is 5.37. The van der Waals surface area contributed by atoms with Crippen LogP contribution in [0.2, 0.25) is 10.0 Å². The van der Waals surface area contributed by atoms with Crippen molar-refractivity contribution in [2.24, 2.45) is 7.05 Å². The Balaban J connectivity index is 2.16. The van der Waals surface area contributed by atoms with Crippen LogP contribution < -0.4 is 4.74 Å². The molecule has 0 N–H and O–H groups in total. The number of hydrogen-bond donors (Lipinski definition) is 0. The van der Waals surface area contributed by atoms with E-state index in [0.717, 1.165) is 0 Å². The Morgan fingerprint density at radius 1 is 1.44 bits per heavy atom. The maximum Gasteiger partial charge on any atom is 0.172 e. The summed E-state index contributed by atoms with van der Waals surface area (Å²) in [6, 6.07) is 4.92. The first kappa shape index (κ1) is 12.9. The maximum absolute atomic E-state index is 10.7. The van der Waals surface area contributed by atoms with Crippen molar-refractivity contribution in [1.29, 1.82) is 0 Å². The maximum atomic E-state index is 10.7. The van der Waals surface area contributed by atoms with Crippen LogP contribution in [0.15, 0.2) is 18.2 Å². The smallest absolute Gasteiger partial charge is 0.172 e. The average molecular weight is 286 g/mol. The van der Waals surface area contributed by atoms with Crippen LogP contribution in [0.3, 0.4) is 0 Å². The molecule has 1 heterocycles. The summed E-state index contributed by atoms with van der Waals surface area (Å²) >= 11 is 11.7. The normalized spacial score (nSPS) is 10.4. The van der Waals surface area contributed by atoms with Gasteiger partial charge in [0, 0.05) is 12.1 Å². The quantitative estimate of drug-likeness (QED) is 0.810. The molecule has 0 bridgehead atoms. The summed E-state index contributed by atoms with van der Waals surface area (Å²) in [4.78, 5) is 10.7. The molecule has 2 aromatic rings. The van der Waals surface area contributed by atoms with Crippen molar-refractivity contribution >= 4 is 29.5 Å². The summed E-state index contributed by atoms with van der Waals surface area (Å²) in [5, 5.41) is 8.37. The lowest BCUT2D eigenvalue weighted by atomic mass is 10.3. The number of rotatable bonds is 4. The number of ether oxygens (including phenoxy) is 1. The van der Waals surface area contributed by atoms with Crippen LogP contribution in [0.25, 0.3) is 0 Å². The van der Waals surface area contributed by atoms with Gasteiger partial charge in [-0.25, -0.2) is 4.68 Å². The molecule has 0 fully saturated rings. The number of nitrogens with zero attached hydrogens (tertiary/aromatic N) is 3. The Morgan fingerprint density at radius 3 is 2.89 bits per heavy atom. The lowest BCUT2D eigenvalue weighted by molar-refractivity contribution is 0.111. The Bertz CT molecular complexity index is 584. The van der Waals surface area contributed by atoms with Crippen LogP contribution in [0.5, 0.6) is 5.75 Å². The molecule has 0 aliphatic heterocycles. The molecular weight excluding hydrogens is 277 g/mol. The van der Waals surface area contributed by atoms with Gasteiger partial charge < -0.3 is 4.74 Å². The van der Waals surface area contributed by atoms with E-state index in [1.165, 1.54) is 4.68 Å². The fraction of sp³-hybridized carbons (Fsp3) is 0.182. The van der Waals surface area contributed by atoms with Crippen molar-refractivity contribution in [3.05, 3.63) is 39.6 Å². The summed E-state index contributed by atoms with van der Waals surface area (Å²) in [6.07, 6.45) is 0.634. The van der Waals surface area contributed by atoms with Gasteiger partial charge in [0.2, 0.25) is 0 Å². The van der Waals surface area contributed by atoms with Gasteiger partial charge in [-0.1, -0.05) is 28.4 Å². The van der Waals surface area contributed by atoms with Crippen molar-refractivity contribution in [2.45, 2.75) is 6.61 Å². The molecule has 94 valence electrons. The van der Waals surface area contributed by atoms with Gasteiger partial charge in [0.1, 0.15) is 18.1 Å². The first-order chi connectivity index (χ1) is 8.61. The van der Waals surface area contributed by atoms with Crippen LogP contribution in [-0.2, 0) is 13.7 Å². The number of carbonyl (C=O) groups is 1. The summed E-state index contributed by atoms with van der Waals surface area (Å²) in [7, 11) is 1.68. The van der Waals surface area contributed by atoms with Crippen LogP contribution in [0, 0.1) is 0 Å². The minimum Gasteiger partial charge on any atom is -0.486 e. The molecule has 0 amide bonds. The molecule has 7 heteroatoms. The number of aryl methyl sites for hydroxylation is 1. The number of benzene rings is 1. The van der Waals surface area contributed by atoms with Gasteiger partial charge in [-0.15, -0.1) is 5.10 Å². The summed E-state index contributed by atoms with van der Waals surface area (Å²) < 4.78 is 6.99. The number of carbonyl (C=O) groups excluding carboxylic acids is 1. The molecule has 0 saturated heterocycles. The van der Waals surface area contributed by atoms with Crippen LogP contribution in [0.1, 0.15) is 16.2 Å². The Hall–Kier alpha value is -1.59. The molecular formula is C11H9Cl2N3O2. The molecule has 2 rings (SSSR count). The fourth-order valence-electron chi connectivity index (χ4n) is 1.39. The van der Waals surface area contributed by atoms with Crippen molar-refractivity contribution in [3.63, 3.8) is 0 Å². The molecule has 0 spiro atoms. The predicted molar refractivity (Wildman–Crippen MR) is 67.2 cm³/mol. The highest BCUT2D eigenvalue weighted by Gasteiger charge is 2.11. The van der Waals surface area contributed by atoms with Gasteiger partial charge >= 0.3 is 0 Å². The van der Waals surface area contributed by atoms with Crippen molar-refractivity contribution in [2.75, 3.05) is 0 Å². The Kier molecular flexibility index (Phi) is 3.84. The highest BCUT2D eigenvalue weighted by atomic mass is 35.5. The van der Waals surface area contributed by atoms with Crippen LogP contribution >= 0.6 is 23.2 Å². The zero-order valence-corrected chi connectivity index (χ0v) is 10.9. The largest absolute Gasteiger partial charge is 0.486 e. The van der Waals surface area contributed by atoms with E-state index in [-0.39, 0.29) is 12.3 Å². The molecule has 0 aliphatic rings. The summed E-state index contributed by atoms with van der Waals surface area (Å²) in [5.41, 5.74) is 0.832. The third kappa shape index (κ3) is 2.63. The predicted octanol–water partition coefficient (Wildman–Crippen LogP) is 2.51. The van der Waals surface area contributed by atoms with E-state index in [9.17, 15) is 4.79 Å². The van der Waals surface area contributed by atoms with E-state index >= 15 is 0 Å². The topological polar surface area (TPSA) is 57.0 Å². The number of hydrogen-bond acceptors (Lipinski definition) is 4. The van der Waals surface area contributed by atoms with Crippen molar-refractivity contribution < 1.29 is 9.53 Å². The van der Waals surface area contributed by atoms with E-state index in [1.807, 2.05) is 0 Å². The molecule has 5 nitrogen and oxygen atoms in total. The summed E-state index contributed by atoms with van der Waals surface area (Å²) in [6.45, 7) is 0.152. The van der Waals surface area contributed by atoms with Gasteiger partial charge in [-0.3, -0.25) is 4.79 Å². The average Bonchev–Trinajstić information content (AvgIpc) is 2.69. The van der Waals surface area contributed by atoms with Gasteiger partial charge in [0.05, 0.1) is 5.02 Å². The number of aldehydes is 1.